The number of benzene rings is 1. The molecule has 1 aliphatic rings. The number of carbonyl (C=O) groups is 1. The van der Waals surface area contributed by atoms with Gasteiger partial charge in [-0.2, -0.15) is 0 Å². The number of ether oxygens (including phenoxy) is 1. The number of hydrogen-bond acceptors (Lipinski definition) is 5. The Morgan fingerprint density at radius 1 is 1.41 bits per heavy atom. The first-order chi connectivity index (χ1) is 10.7. The number of phenolic OH excluding ortho intramolecular Hbond substituents is 1. The molecule has 1 fully saturated rings. The molecular weight excluding hydrogens is 300 g/mol. The SMILES string of the molecule is COc1cc(C2SCC(=O)N2Cc2ccccn2)ccc1O. The monoisotopic (exact) mass is 316 g/mol. The van der Waals surface area contributed by atoms with Crippen LogP contribution in [0.2, 0.25) is 0 Å². The van der Waals surface area contributed by atoms with Gasteiger partial charge in [0.05, 0.1) is 25.1 Å². The van der Waals surface area contributed by atoms with Gasteiger partial charge in [0.15, 0.2) is 11.5 Å². The van der Waals surface area contributed by atoms with E-state index < -0.39 is 0 Å². The number of amides is 1. The van der Waals surface area contributed by atoms with E-state index in [-0.39, 0.29) is 17.0 Å². The maximum absolute atomic E-state index is 12.2. The van der Waals surface area contributed by atoms with Gasteiger partial charge in [0, 0.05) is 6.20 Å². The zero-order chi connectivity index (χ0) is 15.5. The van der Waals surface area contributed by atoms with E-state index in [1.54, 1.807) is 35.0 Å². The van der Waals surface area contributed by atoms with Crippen LogP contribution < -0.4 is 4.74 Å². The smallest absolute Gasteiger partial charge is 0.234 e. The lowest BCUT2D eigenvalue weighted by molar-refractivity contribution is -0.128. The van der Waals surface area contributed by atoms with Gasteiger partial charge in [-0.1, -0.05) is 12.1 Å². The van der Waals surface area contributed by atoms with Gasteiger partial charge in [-0.05, 0) is 29.8 Å². The number of pyridine rings is 1. The second-order valence-corrected chi connectivity index (χ2v) is 6.01. The van der Waals surface area contributed by atoms with E-state index in [9.17, 15) is 9.90 Å². The van der Waals surface area contributed by atoms with E-state index in [1.807, 2.05) is 24.3 Å². The van der Waals surface area contributed by atoms with E-state index in [1.165, 1.54) is 7.11 Å². The van der Waals surface area contributed by atoms with E-state index >= 15 is 0 Å². The molecule has 114 valence electrons. The van der Waals surface area contributed by atoms with E-state index in [0.29, 0.717) is 18.0 Å². The van der Waals surface area contributed by atoms with Gasteiger partial charge in [-0.3, -0.25) is 9.78 Å². The largest absolute Gasteiger partial charge is 0.504 e. The second-order valence-electron chi connectivity index (χ2n) is 4.94. The molecule has 1 amide bonds. The highest BCUT2D eigenvalue weighted by molar-refractivity contribution is 8.00. The van der Waals surface area contributed by atoms with Gasteiger partial charge in [-0.15, -0.1) is 11.8 Å². The molecule has 0 saturated carbocycles. The van der Waals surface area contributed by atoms with Crippen LogP contribution in [0.1, 0.15) is 16.6 Å². The fourth-order valence-electron chi connectivity index (χ4n) is 2.42. The first kappa shape index (κ1) is 14.7. The lowest BCUT2D eigenvalue weighted by Gasteiger charge is -2.24. The summed E-state index contributed by atoms with van der Waals surface area (Å²) in [5.74, 6) is 1.04. The summed E-state index contributed by atoms with van der Waals surface area (Å²) in [6.07, 6.45) is 1.72. The summed E-state index contributed by atoms with van der Waals surface area (Å²) in [5, 5.41) is 9.62. The maximum Gasteiger partial charge on any atom is 0.234 e. The molecule has 2 aromatic rings. The van der Waals surface area contributed by atoms with Gasteiger partial charge < -0.3 is 14.7 Å². The Balaban J connectivity index is 1.87. The molecular formula is C16H16N2O3S. The van der Waals surface area contributed by atoms with Crippen LogP contribution in [0.5, 0.6) is 11.5 Å². The Labute approximate surface area is 132 Å². The third-order valence-electron chi connectivity index (χ3n) is 3.52. The number of nitrogens with zero attached hydrogens (tertiary/aromatic N) is 2. The molecule has 5 nitrogen and oxygen atoms in total. The predicted octanol–water partition coefficient (Wildman–Crippen LogP) is 2.57. The first-order valence-electron chi connectivity index (χ1n) is 6.87. The Hall–Kier alpha value is -2.21. The molecule has 0 radical (unpaired) electrons. The highest BCUT2D eigenvalue weighted by Crippen LogP contribution is 2.41. The van der Waals surface area contributed by atoms with Gasteiger partial charge in [-0.25, -0.2) is 0 Å². The minimum Gasteiger partial charge on any atom is -0.504 e. The van der Waals surface area contributed by atoms with Crippen molar-refractivity contribution >= 4 is 17.7 Å². The average molecular weight is 316 g/mol. The van der Waals surface area contributed by atoms with Crippen molar-refractivity contribution in [1.29, 1.82) is 0 Å². The van der Waals surface area contributed by atoms with Crippen molar-refractivity contribution in [2.75, 3.05) is 12.9 Å². The highest BCUT2D eigenvalue weighted by atomic mass is 32.2. The van der Waals surface area contributed by atoms with Crippen molar-refractivity contribution in [1.82, 2.24) is 9.88 Å². The molecule has 1 saturated heterocycles. The zero-order valence-electron chi connectivity index (χ0n) is 12.1. The van der Waals surface area contributed by atoms with Crippen LogP contribution in [-0.2, 0) is 11.3 Å². The van der Waals surface area contributed by atoms with Crippen LogP contribution in [0.15, 0.2) is 42.6 Å². The van der Waals surface area contributed by atoms with E-state index in [2.05, 4.69) is 4.98 Å². The quantitative estimate of drug-likeness (QED) is 0.939. The molecule has 1 aromatic carbocycles. The van der Waals surface area contributed by atoms with Gasteiger partial charge in [0.2, 0.25) is 5.91 Å². The number of aromatic nitrogens is 1. The van der Waals surface area contributed by atoms with Crippen LogP contribution in [0, 0.1) is 0 Å². The zero-order valence-corrected chi connectivity index (χ0v) is 12.9. The van der Waals surface area contributed by atoms with Crippen molar-refractivity contribution in [2.24, 2.45) is 0 Å². The summed E-state index contributed by atoms with van der Waals surface area (Å²) in [5.41, 5.74) is 1.79. The van der Waals surface area contributed by atoms with Crippen molar-refractivity contribution in [3.8, 4) is 11.5 Å². The summed E-state index contributed by atoms with van der Waals surface area (Å²) in [6, 6.07) is 10.9. The van der Waals surface area contributed by atoms with Gasteiger partial charge in [0.1, 0.15) is 5.37 Å². The second kappa shape index (κ2) is 6.27. The minimum absolute atomic E-state index is 0.0905. The number of carbonyl (C=O) groups excluding carboxylic acids is 1. The van der Waals surface area contributed by atoms with Crippen LogP contribution in [0.4, 0.5) is 0 Å². The molecule has 0 aliphatic carbocycles. The summed E-state index contributed by atoms with van der Waals surface area (Å²) in [7, 11) is 1.51. The van der Waals surface area contributed by atoms with Crippen LogP contribution in [0.3, 0.4) is 0 Å². The fraction of sp³-hybridized carbons (Fsp3) is 0.250. The Morgan fingerprint density at radius 3 is 3.00 bits per heavy atom. The van der Waals surface area contributed by atoms with E-state index in [4.69, 9.17) is 4.74 Å². The Morgan fingerprint density at radius 2 is 2.27 bits per heavy atom. The average Bonchev–Trinajstić information content (AvgIpc) is 2.90. The van der Waals surface area contributed by atoms with Crippen molar-refractivity contribution in [3.63, 3.8) is 0 Å². The molecule has 1 atom stereocenters. The minimum atomic E-state index is -0.0935. The molecule has 3 rings (SSSR count). The highest BCUT2D eigenvalue weighted by Gasteiger charge is 2.33. The number of thioether (sulfide) groups is 1. The molecule has 1 aromatic heterocycles. The van der Waals surface area contributed by atoms with Gasteiger partial charge in [0.25, 0.3) is 0 Å². The van der Waals surface area contributed by atoms with Crippen LogP contribution in [0.25, 0.3) is 0 Å². The van der Waals surface area contributed by atoms with E-state index in [0.717, 1.165) is 11.3 Å². The molecule has 22 heavy (non-hydrogen) atoms. The van der Waals surface area contributed by atoms with Gasteiger partial charge >= 0.3 is 0 Å². The molecule has 2 heterocycles. The standard InChI is InChI=1S/C16H16N2O3S/c1-21-14-8-11(5-6-13(14)19)16-18(15(20)10-22-16)9-12-4-2-3-7-17-12/h2-8,16,19H,9-10H2,1H3. The molecule has 1 N–H and O–H groups in total. The Kier molecular flexibility index (Phi) is 4.20. The lowest BCUT2D eigenvalue weighted by atomic mass is 10.1. The van der Waals surface area contributed by atoms with Crippen LogP contribution in [-0.4, -0.2) is 33.8 Å². The normalized spacial score (nSPS) is 17.8. The first-order valence-corrected chi connectivity index (χ1v) is 7.92. The molecule has 1 unspecified atom stereocenters. The number of rotatable bonds is 4. The van der Waals surface area contributed by atoms with Crippen molar-refractivity contribution < 1.29 is 14.6 Å². The molecule has 1 aliphatic heterocycles. The number of methoxy groups -OCH3 is 1. The third-order valence-corrected chi connectivity index (χ3v) is 4.77. The number of hydrogen-bond donors (Lipinski definition) is 1. The lowest BCUT2D eigenvalue weighted by Crippen LogP contribution is -2.28. The summed E-state index contributed by atoms with van der Waals surface area (Å²) in [4.78, 5) is 18.3. The molecule has 6 heteroatoms. The summed E-state index contributed by atoms with van der Waals surface area (Å²) >= 11 is 1.57. The van der Waals surface area contributed by atoms with Crippen molar-refractivity contribution in [3.05, 3.63) is 53.9 Å². The summed E-state index contributed by atoms with van der Waals surface area (Å²) < 4.78 is 5.15. The maximum atomic E-state index is 12.2. The number of phenols is 1. The molecule has 0 bridgehead atoms. The number of aromatic hydroxyl groups is 1. The molecule has 0 spiro atoms. The summed E-state index contributed by atoms with van der Waals surface area (Å²) in [6.45, 7) is 0.473. The topological polar surface area (TPSA) is 62.7 Å². The predicted molar refractivity (Wildman–Crippen MR) is 84.6 cm³/mol. The van der Waals surface area contributed by atoms with Crippen molar-refractivity contribution in [2.45, 2.75) is 11.9 Å². The Bertz CT molecular complexity index is 678. The third kappa shape index (κ3) is 2.87. The fourth-order valence-corrected chi connectivity index (χ4v) is 3.59. The van der Waals surface area contributed by atoms with Crippen LogP contribution >= 0.6 is 11.8 Å².